The number of nitrogens with zero attached hydrogens (tertiary/aromatic N) is 1. The third kappa shape index (κ3) is 4.81. The topological polar surface area (TPSA) is 82.8 Å². The number of aliphatic hydroxyl groups is 1. The van der Waals surface area contributed by atoms with Crippen LogP contribution in [0.3, 0.4) is 0 Å². The highest BCUT2D eigenvalue weighted by atomic mass is 32.2. The molecule has 0 bridgehead atoms. The van der Waals surface area contributed by atoms with Crippen LogP contribution in [0.25, 0.3) is 0 Å². The van der Waals surface area contributed by atoms with Gasteiger partial charge in [-0.25, -0.2) is 0 Å². The highest BCUT2D eigenvalue weighted by molar-refractivity contribution is 7.87. The zero-order chi connectivity index (χ0) is 16.3. The molecule has 1 rings (SSSR count). The van der Waals surface area contributed by atoms with Crippen LogP contribution in [0.1, 0.15) is 43.8 Å². The Labute approximate surface area is 127 Å². The molecule has 0 aromatic carbocycles. The Bertz CT molecular complexity index is 564. The van der Waals surface area contributed by atoms with Gasteiger partial charge in [0, 0.05) is 25.7 Å². The minimum atomic E-state index is -3.59. The van der Waals surface area contributed by atoms with Crippen LogP contribution in [0.5, 0.6) is 0 Å². The molecule has 6 nitrogen and oxygen atoms in total. The van der Waals surface area contributed by atoms with Crippen molar-refractivity contribution in [1.29, 1.82) is 0 Å². The van der Waals surface area contributed by atoms with Gasteiger partial charge < -0.3 is 9.52 Å². The van der Waals surface area contributed by atoms with Gasteiger partial charge in [0.1, 0.15) is 17.1 Å². The highest BCUT2D eigenvalue weighted by Gasteiger charge is 2.30. The molecule has 2 N–H and O–H groups in total. The lowest BCUT2D eigenvalue weighted by molar-refractivity contribution is 0.0608. The Morgan fingerprint density at radius 1 is 1.43 bits per heavy atom. The van der Waals surface area contributed by atoms with Gasteiger partial charge in [0.25, 0.3) is 10.2 Å². The Kier molecular flexibility index (Phi) is 5.98. The van der Waals surface area contributed by atoms with Crippen LogP contribution < -0.4 is 4.72 Å². The molecular weight excluding hydrogens is 292 g/mol. The number of hydrogen-bond acceptors (Lipinski definition) is 4. The zero-order valence-corrected chi connectivity index (χ0v) is 14.2. The van der Waals surface area contributed by atoms with E-state index >= 15 is 0 Å². The molecule has 0 aliphatic heterocycles. The molecule has 7 heteroatoms. The number of aryl methyl sites for hydroxylation is 2. The summed E-state index contributed by atoms with van der Waals surface area (Å²) >= 11 is 0. The summed E-state index contributed by atoms with van der Waals surface area (Å²) in [5.41, 5.74) is -0.723. The van der Waals surface area contributed by atoms with Crippen LogP contribution in [0.4, 0.5) is 0 Å². The first kappa shape index (κ1) is 18.2. The van der Waals surface area contributed by atoms with Crippen molar-refractivity contribution in [3.8, 4) is 0 Å². The lowest BCUT2D eigenvalue weighted by atomic mass is 9.97. The lowest BCUT2D eigenvalue weighted by Gasteiger charge is -2.25. The molecule has 21 heavy (non-hydrogen) atoms. The number of furan rings is 1. The van der Waals surface area contributed by atoms with Crippen molar-refractivity contribution in [2.75, 3.05) is 20.1 Å². The van der Waals surface area contributed by atoms with E-state index in [9.17, 15) is 13.5 Å². The Morgan fingerprint density at radius 2 is 2.05 bits per heavy atom. The molecule has 0 radical (unpaired) electrons. The fourth-order valence-corrected chi connectivity index (χ4v) is 3.16. The van der Waals surface area contributed by atoms with Gasteiger partial charge in [-0.15, -0.1) is 0 Å². The molecule has 0 amide bonds. The van der Waals surface area contributed by atoms with Crippen molar-refractivity contribution in [1.82, 2.24) is 9.03 Å². The van der Waals surface area contributed by atoms with E-state index in [1.165, 1.54) is 11.4 Å². The zero-order valence-electron chi connectivity index (χ0n) is 13.4. The van der Waals surface area contributed by atoms with E-state index in [4.69, 9.17) is 4.42 Å². The smallest absolute Gasteiger partial charge is 0.279 e. The second-order valence-electron chi connectivity index (χ2n) is 5.60. The van der Waals surface area contributed by atoms with Gasteiger partial charge >= 0.3 is 0 Å². The van der Waals surface area contributed by atoms with E-state index < -0.39 is 15.8 Å². The van der Waals surface area contributed by atoms with Gasteiger partial charge in [-0.1, -0.05) is 13.3 Å². The average molecular weight is 318 g/mol. The fourth-order valence-electron chi connectivity index (χ4n) is 2.10. The maximum atomic E-state index is 12.1. The summed E-state index contributed by atoms with van der Waals surface area (Å²) in [4.78, 5) is 0. The first-order valence-corrected chi connectivity index (χ1v) is 8.55. The Morgan fingerprint density at radius 3 is 2.52 bits per heavy atom. The normalized spacial score (nSPS) is 15.4. The number of hydrogen-bond donors (Lipinski definition) is 2. The van der Waals surface area contributed by atoms with Crippen molar-refractivity contribution in [2.24, 2.45) is 0 Å². The fraction of sp³-hybridized carbons (Fsp3) is 0.714. The molecule has 1 unspecified atom stereocenters. The number of rotatable bonds is 8. The monoisotopic (exact) mass is 318 g/mol. The van der Waals surface area contributed by atoms with Crippen LogP contribution in [-0.4, -0.2) is 38.0 Å². The van der Waals surface area contributed by atoms with E-state index in [2.05, 4.69) is 4.72 Å². The maximum Gasteiger partial charge on any atom is 0.279 e. The van der Waals surface area contributed by atoms with E-state index in [0.29, 0.717) is 23.6 Å². The second kappa shape index (κ2) is 6.91. The standard InChI is InChI=1S/C14H26N2O4S/c1-6-7-8-16(5)21(18,19)15-10-14(4,17)13-9-11(2)20-12(13)3/h9,15,17H,6-8,10H2,1-5H3. The van der Waals surface area contributed by atoms with Gasteiger partial charge in [-0.2, -0.15) is 17.4 Å². The van der Waals surface area contributed by atoms with E-state index in [0.717, 1.165) is 12.8 Å². The van der Waals surface area contributed by atoms with Gasteiger partial charge in [0.15, 0.2) is 0 Å². The summed E-state index contributed by atoms with van der Waals surface area (Å²) < 4.78 is 33.3. The molecule has 1 atom stereocenters. The summed E-state index contributed by atoms with van der Waals surface area (Å²) in [5.74, 6) is 1.28. The van der Waals surface area contributed by atoms with Crippen LogP contribution in [0, 0.1) is 13.8 Å². The number of nitrogens with one attached hydrogen (secondary N) is 1. The summed E-state index contributed by atoms with van der Waals surface area (Å²) in [5, 5.41) is 10.5. The van der Waals surface area contributed by atoms with Crippen molar-refractivity contribution < 1.29 is 17.9 Å². The van der Waals surface area contributed by atoms with E-state index in [1.807, 2.05) is 6.92 Å². The van der Waals surface area contributed by atoms with Crippen molar-refractivity contribution in [2.45, 2.75) is 46.1 Å². The predicted molar refractivity (Wildman–Crippen MR) is 82.2 cm³/mol. The third-order valence-corrected chi connectivity index (χ3v) is 4.97. The highest BCUT2D eigenvalue weighted by Crippen LogP contribution is 2.26. The predicted octanol–water partition coefficient (Wildman–Crippen LogP) is 1.67. The third-order valence-electron chi connectivity index (χ3n) is 3.46. The molecule has 1 aromatic rings. The number of unbranched alkanes of at least 4 members (excludes halogenated alkanes) is 1. The SMILES string of the molecule is CCCCN(C)S(=O)(=O)NCC(C)(O)c1cc(C)oc1C. The summed E-state index contributed by atoms with van der Waals surface area (Å²) in [6.45, 7) is 7.46. The molecule has 122 valence electrons. The second-order valence-corrected chi connectivity index (χ2v) is 7.46. The van der Waals surface area contributed by atoms with Crippen molar-refractivity contribution in [3.05, 3.63) is 23.2 Å². The first-order chi connectivity index (χ1) is 9.60. The van der Waals surface area contributed by atoms with E-state index in [1.54, 1.807) is 26.8 Å². The maximum absolute atomic E-state index is 12.1. The first-order valence-electron chi connectivity index (χ1n) is 7.11. The molecule has 0 fully saturated rings. The van der Waals surface area contributed by atoms with Gasteiger partial charge in [-0.05, 0) is 33.3 Å². The van der Waals surface area contributed by atoms with Crippen LogP contribution in [0.2, 0.25) is 0 Å². The molecule has 0 aliphatic carbocycles. The molecule has 0 spiro atoms. The molecular formula is C14H26N2O4S. The minimum absolute atomic E-state index is 0.106. The van der Waals surface area contributed by atoms with Gasteiger partial charge in [-0.3, -0.25) is 0 Å². The van der Waals surface area contributed by atoms with Gasteiger partial charge in [0.05, 0.1) is 0 Å². The summed E-state index contributed by atoms with van der Waals surface area (Å²) in [6.07, 6.45) is 1.72. The molecule has 0 saturated carbocycles. The van der Waals surface area contributed by atoms with Crippen LogP contribution >= 0.6 is 0 Å². The lowest BCUT2D eigenvalue weighted by Crippen LogP contribution is -2.45. The molecule has 1 heterocycles. The van der Waals surface area contributed by atoms with Crippen LogP contribution in [-0.2, 0) is 15.8 Å². The van der Waals surface area contributed by atoms with Gasteiger partial charge in [0.2, 0.25) is 0 Å². The van der Waals surface area contributed by atoms with Crippen LogP contribution in [0.15, 0.2) is 10.5 Å². The largest absolute Gasteiger partial charge is 0.466 e. The van der Waals surface area contributed by atoms with E-state index in [-0.39, 0.29) is 6.54 Å². The molecule has 1 aromatic heterocycles. The minimum Gasteiger partial charge on any atom is -0.466 e. The average Bonchev–Trinajstić information content (AvgIpc) is 2.73. The molecule has 0 aliphatic rings. The van der Waals surface area contributed by atoms with Crippen molar-refractivity contribution >= 4 is 10.2 Å². The summed E-state index contributed by atoms with van der Waals surface area (Å²) in [7, 11) is -2.06. The molecule has 0 saturated heterocycles. The quantitative estimate of drug-likeness (QED) is 0.764. The Balaban J connectivity index is 2.75. The summed E-state index contributed by atoms with van der Waals surface area (Å²) in [6, 6.07) is 1.73. The Hall–Kier alpha value is -0.890. The van der Waals surface area contributed by atoms with Crippen molar-refractivity contribution in [3.63, 3.8) is 0 Å².